The molecule has 0 radical (unpaired) electrons. The molecule has 0 saturated heterocycles. The van der Waals surface area contributed by atoms with Gasteiger partial charge >= 0.3 is 5.97 Å². The molecule has 4 nitrogen and oxygen atoms in total. The van der Waals surface area contributed by atoms with Crippen molar-refractivity contribution in [2.45, 2.75) is 32.8 Å². The van der Waals surface area contributed by atoms with Gasteiger partial charge in [-0.05, 0) is 31.4 Å². The molecule has 0 amide bonds. The summed E-state index contributed by atoms with van der Waals surface area (Å²) < 4.78 is 25.3. The summed E-state index contributed by atoms with van der Waals surface area (Å²) in [5.74, 6) is -2.45. The monoisotopic (exact) mass is 404 g/mol. The van der Waals surface area contributed by atoms with Gasteiger partial charge in [-0.25, -0.2) is 4.39 Å². The highest BCUT2D eigenvalue weighted by atomic mass is 35.5. The second-order valence-corrected chi connectivity index (χ2v) is 7.20. The van der Waals surface area contributed by atoms with E-state index in [-0.39, 0.29) is 29.5 Å². The number of ketones is 1. The molecule has 28 heavy (non-hydrogen) atoms. The number of esters is 1. The van der Waals surface area contributed by atoms with E-state index in [0.717, 1.165) is 18.1 Å². The maximum atomic E-state index is 14.7. The Kier molecular flexibility index (Phi) is 6.68. The Hall–Kier alpha value is -2.40. The van der Waals surface area contributed by atoms with Gasteiger partial charge in [-0.3, -0.25) is 9.59 Å². The summed E-state index contributed by atoms with van der Waals surface area (Å²) in [6, 6.07) is 11.8. The predicted octanol–water partition coefficient (Wildman–Crippen LogP) is 5.22. The second kappa shape index (κ2) is 9.20. The van der Waals surface area contributed by atoms with Crippen LogP contribution < -0.4 is 4.74 Å². The Morgan fingerprint density at radius 3 is 2.57 bits per heavy atom. The molecule has 6 heteroatoms. The van der Waals surface area contributed by atoms with Crippen LogP contribution in [0.2, 0.25) is 5.02 Å². The highest BCUT2D eigenvalue weighted by Crippen LogP contribution is 2.37. The molecule has 2 aromatic carbocycles. The van der Waals surface area contributed by atoms with Crippen molar-refractivity contribution in [3.05, 3.63) is 64.4 Å². The molecular formula is C22H22ClFO4. The SMILES string of the molecule is CCOC(=O)[C@@H]1CCC[C@H]1C(=O)c1cc(Cl)c(OCc2ccccc2)cc1F. The van der Waals surface area contributed by atoms with Crippen LogP contribution in [-0.4, -0.2) is 18.4 Å². The topological polar surface area (TPSA) is 52.6 Å². The van der Waals surface area contributed by atoms with Gasteiger partial charge in [0, 0.05) is 12.0 Å². The summed E-state index contributed by atoms with van der Waals surface area (Å²) in [6.07, 6.45) is 1.84. The van der Waals surface area contributed by atoms with Crippen molar-refractivity contribution in [1.82, 2.24) is 0 Å². The van der Waals surface area contributed by atoms with Crippen molar-refractivity contribution in [3.63, 3.8) is 0 Å². The van der Waals surface area contributed by atoms with E-state index in [9.17, 15) is 14.0 Å². The van der Waals surface area contributed by atoms with Crippen LogP contribution in [0.5, 0.6) is 5.75 Å². The second-order valence-electron chi connectivity index (χ2n) is 6.80. The molecule has 1 aliphatic carbocycles. The number of rotatable bonds is 7. The van der Waals surface area contributed by atoms with Crippen LogP contribution in [0.25, 0.3) is 0 Å². The molecule has 0 N–H and O–H groups in total. The molecule has 2 aromatic rings. The summed E-state index contributed by atoms with van der Waals surface area (Å²) in [7, 11) is 0. The molecule has 3 rings (SSSR count). The lowest BCUT2D eigenvalue weighted by Crippen LogP contribution is -2.27. The molecule has 0 aliphatic heterocycles. The first-order valence-electron chi connectivity index (χ1n) is 9.38. The van der Waals surface area contributed by atoms with Crippen LogP contribution in [0.4, 0.5) is 4.39 Å². The first-order valence-corrected chi connectivity index (χ1v) is 9.75. The molecule has 0 heterocycles. The largest absolute Gasteiger partial charge is 0.487 e. The van der Waals surface area contributed by atoms with Gasteiger partial charge in [0.05, 0.1) is 23.1 Å². The summed E-state index contributed by atoms with van der Waals surface area (Å²) in [4.78, 5) is 25.0. The molecule has 1 fully saturated rings. The van der Waals surface area contributed by atoms with Gasteiger partial charge in [-0.2, -0.15) is 0 Å². The third kappa shape index (κ3) is 4.53. The molecule has 0 aromatic heterocycles. The fraction of sp³-hybridized carbons (Fsp3) is 0.364. The fourth-order valence-corrected chi connectivity index (χ4v) is 3.79. The van der Waals surface area contributed by atoms with E-state index < -0.39 is 29.4 Å². The summed E-state index contributed by atoms with van der Waals surface area (Å²) >= 11 is 6.23. The van der Waals surface area contributed by atoms with E-state index in [1.165, 1.54) is 6.07 Å². The standard InChI is InChI=1S/C22H22ClFO4/c1-2-27-22(26)16-10-6-9-15(16)21(25)17-11-18(23)20(12-19(17)24)28-13-14-7-4-3-5-8-14/h3-5,7-8,11-12,15-16H,2,6,9-10,13H2,1H3/t15-,16-/m1/s1. The molecule has 1 aliphatic rings. The number of ether oxygens (including phenoxy) is 2. The third-order valence-electron chi connectivity index (χ3n) is 4.97. The van der Waals surface area contributed by atoms with Crippen molar-refractivity contribution < 1.29 is 23.5 Å². The molecule has 148 valence electrons. The number of hydrogen-bond acceptors (Lipinski definition) is 4. The zero-order valence-corrected chi connectivity index (χ0v) is 16.4. The van der Waals surface area contributed by atoms with E-state index in [1.54, 1.807) is 6.92 Å². The smallest absolute Gasteiger partial charge is 0.309 e. The van der Waals surface area contributed by atoms with Crippen LogP contribution in [0.15, 0.2) is 42.5 Å². The van der Waals surface area contributed by atoms with E-state index in [2.05, 4.69) is 0 Å². The number of carbonyl (C=O) groups excluding carboxylic acids is 2. The van der Waals surface area contributed by atoms with Crippen LogP contribution in [0, 0.1) is 17.7 Å². The minimum Gasteiger partial charge on any atom is -0.487 e. The Bertz CT molecular complexity index is 853. The zero-order chi connectivity index (χ0) is 20.1. The lowest BCUT2D eigenvalue weighted by atomic mass is 9.88. The number of Topliss-reactive ketones (excluding diaryl/α,β-unsaturated/α-hetero) is 1. The molecular weight excluding hydrogens is 383 g/mol. The highest BCUT2D eigenvalue weighted by Gasteiger charge is 2.39. The Morgan fingerprint density at radius 2 is 1.86 bits per heavy atom. The zero-order valence-electron chi connectivity index (χ0n) is 15.6. The van der Waals surface area contributed by atoms with E-state index >= 15 is 0 Å². The van der Waals surface area contributed by atoms with Gasteiger partial charge < -0.3 is 9.47 Å². The average molecular weight is 405 g/mol. The minimum atomic E-state index is -0.702. The van der Waals surface area contributed by atoms with E-state index in [1.807, 2.05) is 30.3 Å². The van der Waals surface area contributed by atoms with Crippen molar-refractivity contribution in [1.29, 1.82) is 0 Å². The number of benzene rings is 2. The number of hydrogen-bond donors (Lipinski definition) is 0. The summed E-state index contributed by atoms with van der Waals surface area (Å²) in [5.41, 5.74) is 0.806. The molecule has 0 spiro atoms. The summed E-state index contributed by atoms with van der Waals surface area (Å²) in [5, 5.41) is 0.159. The van der Waals surface area contributed by atoms with E-state index in [4.69, 9.17) is 21.1 Å². The minimum absolute atomic E-state index is 0.113. The molecule has 0 unspecified atom stereocenters. The van der Waals surface area contributed by atoms with Gasteiger partial charge in [0.1, 0.15) is 18.2 Å². The quantitative estimate of drug-likeness (QED) is 0.469. The lowest BCUT2D eigenvalue weighted by molar-refractivity contribution is -0.148. The van der Waals surface area contributed by atoms with Gasteiger partial charge in [0.25, 0.3) is 0 Å². The molecule has 2 atom stereocenters. The Labute approximate surface area is 168 Å². The van der Waals surface area contributed by atoms with Crippen LogP contribution >= 0.6 is 11.6 Å². The Morgan fingerprint density at radius 1 is 1.14 bits per heavy atom. The van der Waals surface area contributed by atoms with Crippen molar-refractivity contribution >= 4 is 23.4 Å². The van der Waals surface area contributed by atoms with Gasteiger partial charge in [-0.15, -0.1) is 0 Å². The molecule has 0 bridgehead atoms. The number of carbonyl (C=O) groups is 2. The Balaban J connectivity index is 1.76. The normalized spacial score (nSPS) is 18.7. The lowest BCUT2D eigenvalue weighted by Gasteiger charge is -2.18. The molecule has 1 saturated carbocycles. The van der Waals surface area contributed by atoms with Crippen molar-refractivity contribution in [3.8, 4) is 5.75 Å². The highest BCUT2D eigenvalue weighted by molar-refractivity contribution is 6.32. The summed E-state index contributed by atoms with van der Waals surface area (Å²) in [6.45, 7) is 2.21. The van der Waals surface area contributed by atoms with Crippen molar-refractivity contribution in [2.24, 2.45) is 11.8 Å². The van der Waals surface area contributed by atoms with Gasteiger partial charge in [0.15, 0.2) is 5.78 Å². The first kappa shape index (κ1) is 20.3. The third-order valence-corrected chi connectivity index (χ3v) is 5.26. The predicted molar refractivity (Wildman–Crippen MR) is 104 cm³/mol. The maximum Gasteiger partial charge on any atom is 0.309 e. The van der Waals surface area contributed by atoms with Crippen molar-refractivity contribution in [2.75, 3.05) is 6.61 Å². The average Bonchev–Trinajstić information content (AvgIpc) is 3.19. The number of halogens is 2. The van der Waals surface area contributed by atoms with Gasteiger partial charge in [0.2, 0.25) is 0 Å². The van der Waals surface area contributed by atoms with Gasteiger partial charge in [-0.1, -0.05) is 48.4 Å². The van der Waals surface area contributed by atoms with Crippen LogP contribution in [-0.2, 0) is 16.1 Å². The fourth-order valence-electron chi connectivity index (χ4n) is 3.57. The first-order chi connectivity index (χ1) is 13.5. The van der Waals surface area contributed by atoms with Crippen LogP contribution in [0.1, 0.15) is 42.1 Å². The van der Waals surface area contributed by atoms with E-state index in [0.29, 0.717) is 12.8 Å². The maximum absolute atomic E-state index is 14.7. The van der Waals surface area contributed by atoms with Crippen LogP contribution in [0.3, 0.4) is 0 Å².